The van der Waals surface area contributed by atoms with Crippen LogP contribution >= 0.6 is 0 Å². The number of amides is 2. The largest absolute Gasteiger partial charge is 0.481 e. The van der Waals surface area contributed by atoms with Crippen LogP contribution in [0, 0.1) is 12.3 Å². The van der Waals surface area contributed by atoms with Crippen molar-refractivity contribution in [3.63, 3.8) is 0 Å². The quantitative estimate of drug-likeness (QED) is 0.497. The number of alkyl carbamates (subject to hydrolysis) is 1. The van der Waals surface area contributed by atoms with Crippen molar-refractivity contribution in [1.29, 1.82) is 0 Å². The van der Waals surface area contributed by atoms with E-state index in [1.807, 2.05) is 48.5 Å². The molecule has 2 aliphatic rings. The Bertz CT molecular complexity index is 1100. The summed E-state index contributed by atoms with van der Waals surface area (Å²) in [6.07, 6.45) is 8.92. The third kappa shape index (κ3) is 5.48. The lowest BCUT2D eigenvalue weighted by molar-refractivity contribution is -0.140. The number of carbonyl (C=O) groups excluding carboxylic acids is 2. The first-order valence-electron chi connectivity index (χ1n) is 12.0. The van der Waals surface area contributed by atoms with E-state index in [1.165, 1.54) is 0 Å². The number of nitrogens with one attached hydrogen (secondary N) is 2. The van der Waals surface area contributed by atoms with Crippen LogP contribution < -0.4 is 10.6 Å². The van der Waals surface area contributed by atoms with E-state index in [1.54, 1.807) is 0 Å². The second-order valence-electron chi connectivity index (χ2n) is 9.33. The highest BCUT2D eigenvalue weighted by molar-refractivity contribution is 5.89. The highest BCUT2D eigenvalue weighted by Gasteiger charge is 2.36. The van der Waals surface area contributed by atoms with Crippen molar-refractivity contribution in [3.05, 3.63) is 59.7 Å². The van der Waals surface area contributed by atoms with Gasteiger partial charge in [0.25, 0.3) is 0 Å². The van der Waals surface area contributed by atoms with Gasteiger partial charge in [0, 0.05) is 12.3 Å². The zero-order valence-electron chi connectivity index (χ0n) is 19.6. The summed E-state index contributed by atoms with van der Waals surface area (Å²) in [5.74, 6) is 0.738. The molecule has 2 aliphatic carbocycles. The average molecular weight is 475 g/mol. The van der Waals surface area contributed by atoms with Crippen molar-refractivity contribution in [2.75, 3.05) is 6.61 Å². The molecular formula is C28H30N2O5. The molecule has 2 aromatic carbocycles. The number of terminal acetylenes is 1. The molecule has 0 aromatic heterocycles. The molecule has 1 unspecified atom stereocenters. The van der Waals surface area contributed by atoms with Gasteiger partial charge in [0.2, 0.25) is 5.91 Å². The van der Waals surface area contributed by atoms with Gasteiger partial charge >= 0.3 is 12.1 Å². The fourth-order valence-electron chi connectivity index (χ4n) is 5.28. The number of carboxylic acid groups (broad SMARTS) is 1. The predicted octanol–water partition coefficient (Wildman–Crippen LogP) is 4.21. The third-order valence-corrected chi connectivity index (χ3v) is 6.97. The van der Waals surface area contributed by atoms with Crippen molar-refractivity contribution in [1.82, 2.24) is 10.6 Å². The lowest BCUT2D eigenvalue weighted by Crippen LogP contribution is -2.56. The molecule has 1 fully saturated rings. The number of fused-ring (bicyclic) bond motifs is 3. The van der Waals surface area contributed by atoms with Crippen LogP contribution in [0.4, 0.5) is 4.79 Å². The summed E-state index contributed by atoms with van der Waals surface area (Å²) in [4.78, 5) is 37.1. The molecule has 0 radical (unpaired) electrons. The Morgan fingerprint density at radius 1 is 1.03 bits per heavy atom. The molecule has 3 N–H and O–H groups in total. The Hall–Kier alpha value is -3.79. The molecule has 7 nitrogen and oxygen atoms in total. The fraction of sp³-hybridized carbons (Fsp3) is 0.393. The molecule has 0 bridgehead atoms. The Kier molecular flexibility index (Phi) is 7.40. The number of rotatable bonds is 8. The molecule has 0 aliphatic heterocycles. The van der Waals surface area contributed by atoms with Crippen molar-refractivity contribution in [2.24, 2.45) is 0 Å². The monoisotopic (exact) mass is 474 g/mol. The van der Waals surface area contributed by atoms with Crippen LogP contribution in [0.5, 0.6) is 0 Å². The maximum absolute atomic E-state index is 13.0. The predicted molar refractivity (Wildman–Crippen MR) is 132 cm³/mol. The fourth-order valence-corrected chi connectivity index (χ4v) is 5.28. The average Bonchev–Trinajstić information content (AvgIpc) is 3.16. The van der Waals surface area contributed by atoms with E-state index < -0.39 is 36.0 Å². The minimum Gasteiger partial charge on any atom is -0.481 e. The van der Waals surface area contributed by atoms with Crippen LogP contribution in [0.15, 0.2) is 48.5 Å². The van der Waals surface area contributed by atoms with Crippen LogP contribution in [0.1, 0.15) is 62.0 Å². The molecule has 2 amide bonds. The summed E-state index contributed by atoms with van der Waals surface area (Å²) in [7, 11) is 0. The number of carbonyl (C=O) groups is 3. The molecule has 7 heteroatoms. The molecule has 0 heterocycles. The number of ether oxygens (including phenoxy) is 1. The number of carboxylic acids is 1. The zero-order chi connectivity index (χ0) is 24.8. The van der Waals surface area contributed by atoms with Gasteiger partial charge in [-0.25, -0.2) is 4.79 Å². The second kappa shape index (κ2) is 10.6. The lowest BCUT2D eigenvalue weighted by Gasteiger charge is -2.37. The van der Waals surface area contributed by atoms with Gasteiger partial charge < -0.3 is 20.5 Å². The maximum atomic E-state index is 13.0. The molecule has 0 spiro atoms. The SMILES string of the molecule is C#CCC1(NC(=O)C(CC(=O)O)NC(=O)OCC2c3ccccc3-c3ccccc32)CCCCC1. The smallest absolute Gasteiger partial charge is 0.407 e. The number of benzene rings is 2. The Balaban J connectivity index is 1.42. The Morgan fingerprint density at radius 3 is 2.20 bits per heavy atom. The summed E-state index contributed by atoms with van der Waals surface area (Å²) >= 11 is 0. The Morgan fingerprint density at radius 2 is 1.63 bits per heavy atom. The molecule has 2 aromatic rings. The van der Waals surface area contributed by atoms with Gasteiger partial charge in [-0.3, -0.25) is 9.59 Å². The minimum atomic E-state index is -1.26. The topological polar surface area (TPSA) is 105 Å². The second-order valence-corrected chi connectivity index (χ2v) is 9.33. The summed E-state index contributed by atoms with van der Waals surface area (Å²) in [6, 6.07) is 14.7. The van der Waals surface area contributed by atoms with Crippen molar-refractivity contribution in [3.8, 4) is 23.5 Å². The maximum Gasteiger partial charge on any atom is 0.407 e. The summed E-state index contributed by atoms with van der Waals surface area (Å²) in [6.45, 7) is 0.0717. The standard InChI is InChI=1S/C28H30N2O5/c1-2-14-28(15-8-3-9-16-28)30-26(33)24(17-25(31)32)29-27(34)35-18-23-21-12-6-4-10-19(21)20-11-5-7-13-22(20)23/h1,4-7,10-13,23-24H,3,8-9,14-18H2,(H,29,34)(H,30,33)(H,31,32). The van der Waals surface area contributed by atoms with Crippen molar-refractivity contribution < 1.29 is 24.2 Å². The molecule has 35 heavy (non-hydrogen) atoms. The van der Waals surface area contributed by atoms with Gasteiger partial charge in [0.1, 0.15) is 12.6 Å². The summed E-state index contributed by atoms with van der Waals surface area (Å²) in [5, 5.41) is 14.8. The molecule has 4 rings (SSSR count). The number of aliphatic carboxylic acids is 1. The van der Waals surface area contributed by atoms with Crippen LogP contribution in [0.25, 0.3) is 11.1 Å². The minimum absolute atomic E-state index is 0.0717. The molecular weight excluding hydrogens is 444 g/mol. The van der Waals surface area contributed by atoms with Gasteiger partial charge in [-0.2, -0.15) is 0 Å². The van der Waals surface area contributed by atoms with Gasteiger partial charge in [0.05, 0.1) is 12.0 Å². The van der Waals surface area contributed by atoms with E-state index in [0.717, 1.165) is 54.4 Å². The van der Waals surface area contributed by atoms with Gasteiger partial charge in [0.15, 0.2) is 0 Å². The highest BCUT2D eigenvalue weighted by atomic mass is 16.5. The lowest BCUT2D eigenvalue weighted by atomic mass is 9.79. The normalized spacial score (nSPS) is 16.8. The van der Waals surface area contributed by atoms with Crippen molar-refractivity contribution >= 4 is 18.0 Å². The van der Waals surface area contributed by atoms with Crippen LogP contribution in [0.3, 0.4) is 0 Å². The Labute approximate surface area is 205 Å². The summed E-state index contributed by atoms with van der Waals surface area (Å²) < 4.78 is 5.51. The molecule has 182 valence electrons. The molecule has 1 saturated carbocycles. The highest BCUT2D eigenvalue weighted by Crippen LogP contribution is 2.44. The van der Waals surface area contributed by atoms with Crippen LogP contribution in [0.2, 0.25) is 0 Å². The van der Waals surface area contributed by atoms with E-state index in [0.29, 0.717) is 6.42 Å². The van der Waals surface area contributed by atoms with Crippen molar-refractivity contribution in [2.45, 2.75) is 62.4 Å². The first kappa shape index (κ1) is 24.3. The summed E-state index contributed by atoms with van der Waals surface area (Å²) in [5.41, 5.74) is 3.77. The van der Waals surface area contributed by atoms with E-state index in [9.17, 15) is 19.5 Å². The van der Waals surface area contributed by atoms with Gasteiger partial charge in [-0.05, 0) is 35.1 Å². The van der Waals surface area contributed by atoms with E-state index in [4.69, 9.17) is 11.2 Å². The van der Waals surface area contributed by atoms with E-state index in [-0.39, 0.29) is 12.5 Å². The van der Waals surface area contributed by atoms with Crippen LogP contribution in [-0.4, -0.2) is 41.3 Å². The zero-order valence-corrected chi connectivity index (χ0v) is 19.6. The number of hydrogen-bond donors (Lipinski definition) is 3. The molecule has 0 saturated heterocycles. The third-order valence-electron chi connectivity index (χ3n) is 6.97. The first-order valence-corrected chi connectivity index (χ1v) is 12.0. The van der Waals surface area contributed by atoms with E-state index in [2.05, 4.69) is 16.6 Å². The first-order chi connectivity index (χ1) is 16.9. The number of hydrogen-bond acceptors (Lipinski definition) is 4. The van der Waals surface area contributed by atoms with Gasteiger partial charge in [-0.1, -0.05) is 67.8 Å². The van der Waals surface area contributed by atoms with E-state index >= 15 is 0 Å². The van der Waals surface area contributed by atoms with Crippen LogP contribution in [-0.2, 0) is 14.3 Å². The molecule has 1 atom stereocenters. The van der Waals surface area contributed by atoms with Gasteiger partial charge in [-0.15, -0.1) is 12.3 Å².